The van der Waals surface area contributed by atoms with Crippen LogP contribution in [-0.2, 0) is 52.0 Å². The SMILES string of the molecule is C[C@H](CCc1ccc(Cl)cc1Oc1ccc(-c2cnc(CN(C)C)n2C)cc1)C(=O)N[C@@H](CO)C(=O)N(C)[C@@]1(Cc2ccc(Cl)cc2)CCCN(C(=O)[C@@H](CC(=O)O)Cc2ccccn2)C1. The fourth-order valence-electron chi connectivity index (χ4n) is 8.57. The molecule has 350 valence electrons. The molecule has 1 aliphatic heterocycles. The summed E-state index contributed by atoms with van der Waals surface area (Å²) in [6.07, 6.45) is 5.44. The third kappa shape index (κ3) is 12.8. The summed E-state index contributed by atoms with van der Waals surface area (Å²) < 4.78 is 8.41. The maximum atomic E-state index is 14.5. The normalized spacial score (nSPS) is 16.3. The molecule has 6 rings (SSSR count). The molecule has 14 nitrogen and oxygen atoms in total. The summed E-state index contributed by atoms with van der Waals surface area (Å²) in [7, 11) is 7.63. The molecular formula is C50H59Cl2N7O7. The molecule has 66 heavy (non-hydrogen) atoms. The van der Waals surface area contributed by atoms with Gasteiger partial charge in [-0.1, -0.05) is 54.4 Å². The topological polar surface area (TPSA) is 170 Å². The molecule has 3 amide bonds. The van der Waals surface area contributed by atoms with Gasteiger partial charge in [0.05, 0.1) is 42.9 Å². The Bertz CT molecular complexity index is 2450. The number of carboxylic acids is 1. The highest BCUT2D eigenvalue weighted by Crippen LogP contribution is 2.35. The predicted octanol–water partition coefficient (Wildman–Crippen LogP) is 7.08. The van der Waals surface area contributed by atoms with E-state index in [-0.39, 0.29) is 25.3 Å². The number of likely N-dealkylation sites (N-methyl/N-ethyl adjacent to an activating group) is 1. The van der Waals surface area contributed by atoms with Crippen molar-refractivity contribution in [3.8, 4) is 22.8 Å². The fourth-order valence-corrected chi connectivity index (χ4v) is 8.86. The van der Waals surface area contributed by atoms with Crippen LogP contribution in [0.1, 0.15) is 55.3 Å². The van der Waals surface area contributed by atoms with E-state index in [0.29, 0.717) is 65.9 Å². The van der Waals surface area contributed by atoms with Gasteiger partial charge in [0.15, 0.2) is 0 Å². The lowest BCUT2D eigenvalue weighted by atomic mass is 9.80. The number of hydrogen-bond donors (Lipinski definition) is 3. The van der Waals surface area contributed by atoms with E-state index < -0.39 is 47.8 Å². The number of pyridine rings is 1. The van der Waals surface area contributed by atoms with Crippen LogP contribution in [0.5, 0.6) is 11.5 Å². The van der Waals surface area contributed by atoms with Gasteiger partial charge in [0.1, 0.15) is 23.4 Å². The number of halogens is 2. The van der Waals surface area contributed by atoms with Crippen LogP contribution in [0.4, 0.5) is 0 Å². The first-order valence-corrected chi connectivity index (χ1v) is 22.9. The number of aliphatic hydroxyl groups excluding tert-OH is 1. The van der Waals surface area contributed by atoms with Crippen LogP contribution in [0.15, 0.2) is 97.3 Å². The number of carbonyl (C=O) groups is 4. The number of aliphatic hydroxyl groups is 1. The maximum Gasteiger partial charge on any atom is 0.304 e. The number of rotatable bonds is 20. The van der Waals surface area contributed by atoms with Gasteiger partial charge in [-0.15, -0.1) is 0 Å². The smallest absolute Gasteiger partial charge is 0.304 e. The van der Waals surface area contributed by atoms with Crippen molar-refractivity contribution < 1.29 is 34.1 Å². The van der Waals surface area contributed by atoms with E-state index in [2.05, 4.69) is 24.8 Å². The van der Waals surface area contributed by atoms with Gasteiger partial charge in [0.25, 0.3) is 0 Å². The Morgan fingerprint density at radius 3 is 2.35 bits per heavy atom. The first kappa shape index (κ1) is 49.6. The molecule has 0 unspecified atom stereocenters. The minimum atomic E-state index is -1.27. The second-order valence-electron chi connectivity index (χ2n) is 17.5. The van der Waals surface area contributed by atoms with Gasteiger partial charge in [0.2, 0.25) is 17.7 Å². The molecule has 0 bridgehead atoms. The molecule has 0 spiro atoms. The molecule has 1 aliphatic rings. The third-order valence-corrected chi connectivity index (χ3v) is 12.8. The van der Waals surface area contributed by atoms with Crippen LogP contribution >= 0.6 is 23.2 Å². The number of hydrogen-bond acceptors (Lipinski definition) is 9. The van der Waals surface area contributed by atoms with Crippen LogP contribution in [0.2, 0.25) is 10.0 Å². The first-order chi connectivity index (χ1) is 31.5. The Hall–Kier alpha value is -5.80. The van der Waals surface area contributed by atoms with E-state index in [1.54, 1.807) is 72.4 Å². The van der Waals surface area contributed by atoms with Gasteiger partial charge >= 0.3 is 5.97 Å². The highest BCUT2D eigenvalue weighted by molar-refractivity contribution is 6.31. The third-order valence-electron chi connectivity index (χ3n) is 12.3. The van der Waals surface area contributed by atoms with Crippen molar-refractivity contribution in [2.75, 3.05) is 40.8 Å². The van der Waals surface area contributed by atoms with E-state index in [9.17, 15) is 29.4 Å². The number of piperidine rings is 1. The summed E-state index contributed by atoms with van der Waals surface area (Å²) in [6, 6.07) is 24.4. The molecule has 1 saturated heterocycles. The monoisotopic (exact) mass is 939 g/mol. The molecule has 0 aliphatic carbocycles. The second kappa shape index (κ2) is 22.6. The number of aliphatic carboxylic acids is 1. The second-order valence-corrected chi connectivity index (χ2v) is 18.4. The van der Waals surface area contributed by atoms with Gasteiger partial charge in [-0.2, -0.15) is 0 Å². The zero-order chi connectivity index (χ0) is 47.5. The number of aryl methyl sites for hydroxylation is 1. The van der Waals surface area contributed by atoms with Crippen LogP contribution in [0, 0.1) is 11.8 Å². The molecule has 3 aromatic carbocycles. The summed E-state index contributed by atoms with van der Waals surface area (Å²) in [5.41, 5.74) is 3.30. The molecule has 0 saturated carbocycles. The lowest BCUT2D eigenvalue weighted by Crippen LogP contribution is -2.65. The molecule has 0 radical (unpaired) electrons. The molecule has 3 N–H and O–H groups in total. The molecule has 4 atom stereocenters. The molecule has 1 fully saturated rings. The summed E-state index contributed by atoms with van der Waals surface area (Å²) >= 11 is 12.7. The highest BCUT2D eigenvalue weighted by atomic mass is 35.5. The highest BCUT2D eigenvalue weighted by Gasteiger charge is 2.45. The first-order valence-electron chi connectivity index (χ1n) is 22.1. The Morgan fingerprint density at radius 2 is 1.68 bits per heavy atom. The number of aromatic nitrogens is 3. The zero-order valence-electron chi connectivity index (χ0n) is 38.1. The number of likely N-dealkylation sites (tertiary alicyclic amines) is 1. The number of carboxylic acid groups (broad SMARTS) is 1. The van der Waals surface area contributed by atoms with E-state index in [4.69, 9.17) is 27.9 Å². The van der Waals surface area contributed by atoms with Crippen molar-refractivity contribution in [3.05, 3.63) is 130 Å². The predicted molar refractivity (Wildman–Crippen MR) is 254 cm³/mol. The van der Waals surface area contributed by atoms with Crippen molar-refractivity contribution >= 4 is 46.9 Å². The number of imidazole rings is 1. The number of nitrogens with one attached hydrogen (secondary N) is 1. The summed E-state index contributed by atoms with van der Waals surface area (Å²) in [4.78, 5) is 68.6. The zero-order valence-corrected chi connectivity index (χ0v) is 39.6. The standard InChI is InChI=1S/C50H59Cl2N7O7/c1-33(10-13-36-14-19-39(52)27-44(36)66-41-20-15-35(16-21-41)43-29-54-45(57(43)4)30-56(2)3)47(63)55-42(31-60)49(65)58(5)50(28-34-11-17-38(51)18-12-34)22-8-24-59(32-50)48(64)37(26-46(61)62)25-40-9-6-7-23-53-40/h6-7,9,11-12,14-21,23,27,29,33,37,42,60H,8,10,13,22,24-26,28,30-32H2,1-5H3,(H,55,63)(H,61,62)/t33-,37-,42+,50-/m1/s1. The van der Waals surface area contributed by atoms with E-state index >= 15 is 0 Å². The maximum absolute atomic E-state index is 14.5. The summed E-state index contributed by atoms with van der Waals surface area (Å²) in [5.74, 6) is -1.69. The Balaban J connectivity index is 1.13. The van der Waals surface area contributed by atoms with Crippen LogP contribution < -0.4 is 10.1 Å². The molecule has 5 aromatic rings. The lowest BCUT2D eigenvalue weighted by molar-refractivity contribution is -0.151. The molecule has 3 heterocycles. The molecular weight excluding hydrogens is 881 g/mol. The average molecular weight is 941 g/mol. The quantitative estimate of drug-likeness (QED) is 0.0733. The lowest BCUT2D eigenvalue weighted by Gasteiger charge is -2.49. The van der Waals surface area contributed by atoms with Crippen LogP contribution in [0.25, 0.3) is 11.3 Å². The van der Waals surface area contributed by atoms with Crippen molar-refractivity contribution in [1.82, 2.24) is 34.6 Å². The largest absolute Gasteiger partial charge is 0.481 e. The minimum absolute atomic E-state index is 0.107. The van der Waals surface area contributed by atoms with Crippen molar-refractivity contribution in [1.29, 1.82) is 0 Å². The van der Waals surface area contributed by atoms with Crippen molar-refractivity contribution in [2.45, 2.75) is 70.0 Å². The Morgan fingerprint density at radius 1 is 0.955 bits per heavy atom. The molecule has 16 heteroatoms. The average Bonchev–Trinajstić information content (AvgIpc) is 3.66. The van der Waals surface area contributed by atoms with Crippen molar-refractivity contribution in [3.63, 3.8) is 0 Å². The van der Waals surface area contributed by atoms with Gasteiger partial charge in [-0.05, 0) is 118 Å². The fraction of sp³-hybridized carbons (Fsp3) is 0.400. The number of amides is 3. The summed E-state index contributed by atoms with van der Waals surface area (Å²) in [5, 5.41) is 24.2. The van der Waals surface area contributed by atoms with Gasteiger partial charge in [-0.3, -0.25) is 24.2 Å². The summed E-state index contributed by atoms with van der Waals surface area (Å²) in [6.45, 7) is 2.31. The Kier molecular flexibility index (Phi) is 17.0. The minimum Gasteiger partial charge on any atom is -0.481 e. The van der Waals surface area contributed by atoms with E-state index in [1.165, 1.54) is 0 Å². The van der Waals surface area contributed by atoms with Crippen LogP contribution in [-0.4, -0.2) is 116 Å². The molecule has 2 aromatic heterocycles. The number of ether oxygens (including phenoxy) is 1. The van der Waals surface area contributed by atoms with Crippen LogP contribution in [0.3, 0.4) is 0 Å². The number of carbonyl (C=O) groups excluding carboxylic acids is 3. The van der Waals surface area contributed by atoms with Gasteiger partial charge in [0, 0.05) is 67.0 Å². The van der Waals surface area contributed by atoms with E-state index in [1.807, 2.05) is 69.8 Å². The number of benzene rings is 3. The number of nitrogens with zero attached hydrogens (tertiary/aromatic N) is 6. The van der Waals surface area contributed by atoms with E-state index in [0.717, 1.165) is 34.8 Å². The van der Waals surface area contributed by atoms with Gasteiger partial charge in [-0.25, -0.2) is 4.98 Å². The van der Waals surface area contributed by atoms with Gasteiger partial charge < -0.3 is 39.5 Å². The Labute approximate surface area is 396 Å². The van der Waals surface area contributed by atoms with Crippen molar-refractivity contribution in [2.24, 2.45) is 18.9 Å².